The fourth-order valence-electron chi connectivity index (χ4n) is 2.07. The minimum Gasteiger partial charge on any atom is -0.326 e. The second-order valence-corrected chi connectivity index (χ2v) is 3.93. The van der Waals surface area contributed by atoms with Crippen LogP contribution in [0, 0.1) is 11.6 Å². The first-order valence-corrected chi connectivity index (χ1v) is 5.09. The van der Waals surface area contributed by atoms with Crippen LogP contribution in [-0.2, 0) is 0 Å². The van der Waals surface area contributed by atoms with Crippen LogP contribution in [0.5, 0.6) is 0 Å². The average Bonchev–Trinajstić information content (AvgIpc) is 2.23. The molecule has 0 unspecified atom stereocenters. The molecule has 0 aliphatic carbocycles. The number of nitrogens with two attached hydrogens (primary N) is 1. The topological polar surface area (TPSA) is 38.0 Å². The lowest BCUT2D eigenvalue weighted by Crippen LogP contribution is -2.45. The van der Waals surface area contributed by atoms with E-state index in [1.54, 1.807) is 0 Å². The average molecular weight is 212 g/mol. The second kappa shape index (κ2) is 4.24. The standard InChI is InChI=1S/C11H14F2N2/c12-7-1-2-10(13)9(5-7)8-3-4-15-6-11(8)14/h1-2,5,8,11,15H,3-4,6,14H2/t8-,11+/m1/s1. The van der Waals surface area contributed by atoms with Gasteiger partial charge in [-0.2, -0.15) is 0 Å². The van der Waals surface area contributed by atoms with E-state index in [9.17, 15) is 8.78 Å². The Bertz CT molecular complexity index is 354. The van der Waals surface area contributed by atoms with Gasteiger partial charge in [-0.05, 0) is 36.7 Å². The molecule has 1 fully saturated rings. The maximum atomic E-state index is 13.5. The van der Waals surface area contributed by atoms with Crippen LogP contribution in [0.25, 0.3) is 0 Å². The Morgan fingerprint density at radius 3 is 2.87 bits per heavy atom. The van der Waals surface area contributed by atoms with Gasteiger partial charge in [-0.1, -0.05) is 0 Å². The Labute approximate surface area is 87.5 Å². The number of hydrogen-bond donors (Lipinski definition) is 2. The summed E-state index contributed by atoms with van der Waals surface area (Å²) in [6, 6.07) is 3.41. The maximum absolute atomic E-state index is 13.5. The van der Waals surface area contributed by atoms with E-state index in [1.165, 1.54) is 12.1 Å². The number of hydrogen-bond acceptors (Lipinski definition) is 2. The molecule has 1 aromatic carbocycles. The Morgan fingerprint density at radius 2 is 2.13 bits per heavy atom. The van der Waals surface area contributed by atoms with Gasteiger partial charge >= 0.3 is 0 Å². The molecule has 2 rings (SSSR count). The molecule has 0 amide bonds. The quantitative estimate of drug-likeness (QED) is 0.737. The van der Waals surface area contributed by atoms with Crippen molar-refractivity contribution in [3.8, 4) is 0 Å². The lowest BCUT2D eigenvalue weighted by molar-refractivity contribution is 0.391. The van der Waals surface area contributed by atoms with Gasteiger partial charge in [0.05, 0.1) is 0 Å². The van der Waals surface area contributed by atoms with Crippen molar-refractivity contribution in [3.63, 3.8) is 0 Å². The summed E-state index contributed by atoms with van der Waals surface area (Å²) in [6.07, 6.45) is 0.752. The normalized spacial score (nSPS) is 26.6. The lowest BCUT2D eigenvalue weighted by Gasteiger charge is -2.29. The zero-order valence-corrected chi connectivity index (χ0v) is 8.34. The summed E-state index contributed by atoms with van der Waals surface area (Å²) < 4.78 is 26.5. The van der Waals surface area contributed by atoms with Gasteiger partial charge in [0.1, 0.15) is 11.6 Å². The molecule has 2 nitrogen and oxygen atoms in total. The van der Waals surface area contributed by atoms with E-state index in [1.807, 2.05) is 0 Å². The van der Waals surface area contributed by atoms with Gasteiger partial charge in [-0.25, -0.2) is 8.78 Å². The van der Waals surface area contributed by atoms with Crippen LogP contribution in [-0.4, -0.2) is 19.1 Å². The van der Waals surface area contributed by atoms with Crippen molar-refractivity contribution in [1.82, 2.24) is 5.32 Å². The first-order valence-electron chi connectivity index (χ1n) is 5.09. The largest absolute Gasteiger partial charge is 0.326 e. The van der Waals surface area contributed by atoms with E-state index < -0.39 is 5.82 Å². The van der Waals surface area contributed by atoms with Crippen molar-refractivity contribution in [2.45, 2.75) is 18.4 Å². The van der Waals surface area contributed by atoms with Gasteiger partial charge in [0.25, 0.3) is 0 Å². The molecule has 15 heavy (non-hydrogen) atoms. The van der Waals surface area contributed by atoms with Crippen LogP contribution in [0.1, 0.15) is 17.9 Å². The summed E-state index contributed by atoms with van der Waals surface area (Å²) in [7, 11) is 0. The Hall–Kier alpha value is -1.00. The number of piperidine rings is 1. The van der Waals surface area contributed by atoms with Gasteiger partial charge in [0.2, 0.25) is 0 Å². The second-order valence-electron chi connectivity index (χ2n) is 3.93. The van der Waals surface area contributed by atoms with Crippen LogP contribution in [0.2, 0.25) is 0 Å². The molecule has 0 saturated carbocycles. The van der Waals surface area contributed by atoms with Crippen LogP contribution >= 0.6 is 0 Å². The highest BCUT2D eigenvalue weighted by Crippen LogP contribution is 2.27. The molecule has 1 saturated heterocycles. The van der Waals surface area contributed by atoms with Gasteiger partial charge in [-0.15, -0.1) is 0 Å². The van der Waals surface area contributed by atoms with E-state index in [0.717, 1.165) is 19.0 Å². The minimum atomic E-state index is -0.405. The van der Waals surface area contributed by atoms with Gasteiger partial charge in [0.15, 0.2) is 0 Å². The van der Waals surface area contributed by atoms with Crippen molar-refractivity contribution < 1.29 is 8.78 Å². The zero-order valence-electron chi connectivity index (χ0n) is 8.34. The molecule has 0 aromatic heterocycles. The summed E-state index contributed by atoms with van der Waals surface area (Å²) in [6.45, 7) is 1.45. The molecule has 4 heteroatoms. The molecule has 82 valence electrons. The molecule has 0 bridgehead atoms. The first kappa shape index (κ1) is 10.5. The van der Waals surface area contributed by atoms with Crippen LogP contribution in [0.3, 0.4) is 0 Å². The molecule has 1 aliphatic heterocycles. The SMILES string of the molecule is N[C@H]1CNCC[C@@H]1c1cc(F)ccc1F. The summed E-state index contributed by atoms with van der Waals surface area (Å²) in [5, 5.41) is 3.13. The molecule has 1 aliphatic rings. The van der Waals surface area contributed by atoms with Gasteiger partial charge < -0.3 is 11.1 Å². The van der Waals surface area contributed by atoms with Crippen molar-refractivity contribution in [1.29, 1.82) is 0 Å². The van der Waals surface area contributed by atoms with E-state index in [4.69, 9.17) is 5.73 Å². The van der Waals surface area contributed by atoms with Gasteiger partial charge in [-0.3, -0.25) is 0 Å². The highest BCUT2D eigenvalue weighted by molar-refractivity contribution is 5.25. The van der Waals surface area contributed by atoms with E-state index in [-0.39, 0.29) is 17.8 Å². The lowest BCUT2D eigenvalue weighted by atomic mass is 9.86. The molecule has 3 N–H and O–H groups in total. The minimum absolute atomic E-state index is 0.0815. The molecule has 0 radical (unpaired) electrons. The summed E-state index contributed by atoms with van der Waals surface area (Å²) >= 11 is 0. The Kier molecular flexibility index (Phi) is 2.98. The summed E-state index contributed by atoms with van der Waals surface area (Å²) in [5.41, 5.74) is 6.28. The number of halogens is 2. The molecule has 2 atom stereocenters. The highest BCUT2D eigenvalue weighted by atomic mass is 19.1. The monoisotopic (exact) mass is 212 g/mol. The fraction of sp³-hybridized carbons (Fsp3) is 0.455. The molecular weight excluding hydrogens is 198 g/mol. The highest BCUT2D eigenvalue weighted by Gasteiger charge is 2.25. The third-order valence-corrected chi connectivity index (χ3v) is 2.89. The number of rotatable bonds is 1. The summed E-state index contributed by atoms with van der Waals surface area (Å²) in [4.78, 5) is 0. The smallest absolute Gasteiger partial charge is 0.126 e. The zero-order chi connectivity index (χ0) is 10.8. The molecular formula is C11H14F2N2. The van der Waals surface area contributed by atoms with Crippen molar-refractivity contribution in [2.24, 2.45) is 5.73 Å². The van der Waals surface area contributed by atoms with Gasteiger partial charge in [0, 0.05) is 18.5 Å². The molecule has 0 spiro atoms. The third kappa shape index (κ3) is 2.16. The van der Waals surface area contributed by atoms with E-state index in [2.05, 4.69) is 5.32 Å². The summed E-state index contributed by atoms with van der Waals surface area (Å²) in [5.74, 6) is -0.849. The third-order valence-electron chi connectivity index (χ3n) is 2.89. The van der Waals surface area contributed by atoms with Crippen molar-refractivity contribution in [3.05, 3.63) is 35.4 Å². The number of benzene rings is 1. The van der Waals surface area contributed by atoms with E-state index >= 15 is 0 Å². The fourth-order valence-corrected chi connectivity index (χ4v) is 2.07. The number of nitrogens with one attached hydrogen (secondary N) is 1. The maximum Gasteiger partial charge on any atom is 0.126 e. The predicted octanol–water partition coefficient (Wildman–Crippen LogP) is 1.37. The molecule has 1 aromatic rings. The van der Waals surface area contributed by atoms with Crippen LogP contribution in [0.15, 0.2) is 18.2 Å². The Morgan fingerprint density at radius 1 is 1.33 bits per heavy atom. The van der Waals surface area contributed by atoms with Crippen molar-refractivity contribution >= 4 is 0 Å². The molecule has 1 heterocycles. The first-order chi connectivity index (χ1) is 7.18. The van der Waals surface area contributed by atoms with Crippen LogP contribution < -0.4 is 11.1 Å². The van der Waals surface area contributed by atoms with E-state index in [0.29, 0.717) is 12.1 Å². The Balaban J connectivity index is 2.30. The van der Waals surface area contributed by atoms with Crippen molar-refractivity contribution in [2.75, 3.05) is 13.1 Å². The van der Waals surface area contributed by atoms with Crippen LogP contribution in [0.4, 0.5) is 8.78 Å². The predicted molar refractivity (Wildman–Crippen MR) is 54.6 cm³/mol.